The molecular formula is C14H23ClN2O3S. The molecule has 2 unspecified atom stereocenters. The predicted octanol–water partition coefficient (Wildman–Crippen LogP) is 1.93. The van der Waals surface area contributed by atoms with E-state index >= 15 is 0 Å². The Morgan fingerprint density at radius 3 is 2.86 bits per heavy atom. The lowest BCUT2D eigenvalue weighted by Crippen LogP contribution is -2.46. The Morgan fingerprint density at radius 2 is 2.19 bits per heavy atom. The highest BCUT2D eigenvalue weighted by Gasteiger charge is 2.24. The molecule has 0 radical (unpaired) electrons. The van der Waals surface area contributed by atoms with E-state index in [1.54, 1.807) is 24.3 Å². The number of rotatable bonds is 5. The Labute approximate surface area is 132 Å². The summed E-state index contributed by atoms with van der Waals surface area (Å²) in [6, 6.07) is 6.95. The van der Waals surface area contributed by atoms with Crippen LogP contribution in [-0.2, 0) is 10.0 Å². The van der Waals surface area contributed by atoms with Crippen LogP contribution in [0.4, 0.5) is 0 Å². The van der Waals surface area contributed by atoms with E-state index in [9.17, 15) is 8.42 Å². The summed E-state index contributed by atoms with van der Waals surface area (Å²) in [5, 5.41) is 3.31. The van der Waals surface area contributed by atoms with Crippen molar-refractivity contribution in [3.05, 3.63) is 24.3 Å². The molecule has 1 heterocycles. The van der Waals surface area contributed by atoms with Crippen LogP contribution in [0.3, 0.4) is 0 Å². The summed E-state index contributed by atoms with van der Waals surface area (Å²) in [6.45, 7) is 5.29. The topological polar surface area (TPSA) is 67.4 Å². The quantitative estimate of drug-likeness (QED) is 0.863. The molecule has 0 saturated carbocycles. The lowest BCUT2D eigenvalue weighted by atomic mass is 10.0. The van der Waals surface area contributed by atoms with Crippen LogP contribution in [0, 0.1) is 0 Å². The van der Waals surface area contributed by atoms with E-state index in [1.165, 1.54) is 0 Å². The molecule has 2 atom stereocenters. The molecule has 120 valence electrons. The molecule has 5 nitrogen and oxygen atoms in total. The molecule has 1 aliphatic heterocycles. The molecule has 0 spiro atoms. The van der Waals surface area contributed by atoms with Crippen molar-refractivity contribution < 1.29 is 13.2 Å². The average molecular weight is 335 g/mol. The number of halogens is 1. The number of sulfonamides is 1. The second kappa shape index (κ2) is 7.98. The molecule has 0 aromatic heterocycles. The third-order valence-electron chi connectivity index (χ3n) is 3.37. The third-order valence-corrected chi connectivity index (χ3v) is 4.89. The van der Waals surface area contributed by atoms with Gasteiger partial charge in [-0.25, -0.2) is 13.1 Å². The fraction of sp³-hybridized carbons (Fsp3) is 0.571. The number of hydrogen-bond acceptors (Lipinski definition) is 4. The number of piperidine rings is 1. The second-order valence-electron chi connectivity index (χ2n) is 5.11. The molecule has 2 N–H and O–H groups in total. The molecule has 1 aromatic rings. The minimum atomic E-state index is -3.48. The van der Waals surface area contributed by atoms with Gasteiger partial charge in [0.2, 0.25) is 10.0 Å². The molecule has 0 bridgehead atoms. The van der Waals surface area contributed by atoms with Gasteiger partial charge in [-0.15, -0.1) is 12.4 Å². The van der Waals surface area contributed by atoms with Crippen LogP contribution in [0.5, 0.6) is 5.75 Å². The molecule has 1 aromatic carbocycles. The normalized spacial score (nSPS) is 22.4. The van der Waals surface area contributed by atoms with Gasteiger partial charge >= 0.3 is 0 Å². The van der Waals surface area contributed by atoms with E-state index in [2.05, 4.69) is 17.0 Å². The zero-order chi connectivity index (χ0) is 14.6. The Kier molecular flexibility index (Phi) is 6.93. The summed E-state index contributed by atoms with van der Waals surface area (Å²) in [6.07, 6.45) is 1.62. The number of benzene rings is 1. The van der Waals surface area contributed by atoms with Gasteiger partial charge in [0.1, 0.15) is 5.75 Å². The first-order valence-electron chi connectivity index (χ1n) is 7.00. The van der Waals surface area contributed by atoms with Gasteiger partial charge in [0.15, 0.2) is 0 Å². The Balaban J connectivity index is 0.00000220. The minimum Gasteiger partial charge on any atom is -0.494 e. The first-order chi connectivity index (χ1) is 9.51. The monoisotopic (exact) mass is 334 g/mol. The predicted molar refractivity (Wildman–Crippen MR) is 85.7 cm³/mol. The zero-order valence-corrected chi connectivity index (χ0v) is 14.0. The summed E-state index contributed by atoms with van der Waals surface area (Å²) in [7, 11) is -3.48. The molecule has 2 rings (SSSR count). The molecule has 0 amide bonds. The van der Waals surface area contributed by atoms with Crippen molar-refractivity contribution in [3.63, 3.8) is 0 Å². The van der Waals surface area contributed by atoms with E-state index in [4.69, 9.17) is 4.74 Å². The van der Waals surface area contributed by atoms with Crippen molar-refractivity contribution in [1.82, 2.24) is 10.0 Å². The molecule has 1 aliphatic rings. The van der Waals surface area contributed by atoms with Gasteiger partial charge in [-0.05, 0) is 45.4 Å². The highest BCUT2D eigenvalue weighted by Crippen LogP contribution is 2.19. The molecule has 0 aliphatic carbocycles. The van der Waals surface area contributed by atoms with Gasteiger partial charge < -0.3 is 10.1 Å². The van der Waals surface area contributed by atoms with Crippen molar-refractivity contribution in [1.29, 1.82) is 0 Å². The number of nitrogens with one attached hydrogen (secondary N) is 2. The first kappa shape index (κ1) is 18.2. The van der Waals surface area contributed by atoms with Gasteiger partial charge in [-0.3, -0.25) is 0 Å². The van der Waals surface area contributed by atoms with Crippen molar-refractivity contribution in [2.75, 3.05) is 13.2 Å². The van der Waals surface area contributed by atoms with Crippen LogP contribution in [0.25, 0.3) is 0 Å². The third kappa shape index (κ3) is 5.14. The zero-order valence-electron chi connectivity index (χ0n) is 12.3. The summed E-state index contributed by atoms with van der Waals surface area (Å²) in [4.78, 5) is 0.259. The molecule has 1 fully saturated rings. The minimum absolute atomic E-state index is 0. The number of ether oxygens (including phenoxy) is 1. The fourth-order valence-corrected chi connectivity index (χ4v) is 3.74. The van der Waals surface area contributed by atoms with E-state index in [-0.39, 0.29) is 23.3 Å². The SMILES string of the molecule is CCOc1cccc(S(=O)(=O)NC2CCNC(C)C2)c1.Cl. The van der Waals surface area contributed by atoms with Crippen molar-refractivity contribution in [2.45, 2.75) is 43.7 Å². The van der Waals surface area contributed by atoms with Crippen LogP contribution < -0.4 is 14.8 Å². The Bertz CT molecular complexity index is 551. The first-order valence-corrected chi connectivity index (χ1v) is 8.48. The van der Waals surface area contributed by atoms with Gasteiger partial charge in [-0.2, -0.15) is 0 Å². The average Bonchev–Trinajstić information content (AvgIpc) is 2.39. The highest BCUT2D eigenvalue weighted by molar-refractivity contribution is 7.89. The van der Waals surface area contributed by atoms with Crippen molar-refractivity contribution in [2.24, 2.45) is 0 Å². The van der Waals surface area contributed by atoms with Crippen LogP contribution in [0.2, 0.25) is 0 Å². The van der Waals surface area contributed by atoms with Crippen LogP contribution >= 0.6 is 12.4 Å². The Hall–Kier alpha value is -0.820. The molecule has 7 heteroatoms. The molecule has 1 saturated heterocycles. The summed E-state index contributed by atoms with van der Waals surface area (Å²) < 4.78 is 32.9. The smallest absolute Gasteiger partial charge is 0.240 e. The standard InChI is InChI=1S/C14H22N2O3S.ClH/c1-3-19-13-5-4-6-14(10-13)20(17,18)16-12-7-8-15-11(2)9-12;/h4-6,10-12,15-16H,3,7-9H2,1-2H3;1H. The highest BCUT2D eigenvalue weighted by atomic mass is 35.5. The summed E-state index contributed by atoms with van der Waals surface area (Å²) >= 11 is 0. The van der Waals surface area contributed by atoms with E-state index < -0.39 is 10.0 Å². The van der Waals surface area contributed by atoms with Crippen LogP contribution in [0.1, 0.15) is 26.7 Å². The summed E-state index contributed by atoms with van der Waals surface area (Å²) in [5.74, 6) is 0.578. The van der Waals surface area contributed by atoms with E-state index in [0.29, 0.717) is 18.4 Å². The Morgan fingerprint density at radius 1 is 1.43 bits per heavy atom. The maximum Gasteiger partial charge on any atom is 0.240 e. The van der Waals surface area contributed by atoms with Crippen molar-refractivity contribution in [3.8, 4) is 5.75 Å². The van der Waals surface area contributed by atoms with E-state index in [0.717, 1.165) is 19.4 Å². The largest absolute Gasteiger partial charge is 0.494 e. The maximum absolute atomic E-state index is 12.4. The van der Waals surface area contributed by atoms with E-state index in [1.807, 2.05) is 6.92 Å². The molecular weight excluding hydrogens is 312 g/mol. The summed E-state index contributed by atoms with van der Waals surface area (Å²) in [5.41, 5.74) is 0. The van der Waals surface area contributed by atoms with Gasteiger partial charge in [0, 0.05) is 18.2 Å². The lowest BCUT2D eigenvalue weighted by molar-refractivity contribution is 0.339. The van der Waals surface area contributed by atoms with Gasteiger partial charge in [-0.1, -0.05) is 6.07 Å². The van der Waals surface area contributed by atoms with Crippen molar-refractivity contribution >= 4 is 22.4 Å². The second-order valence-corrected chi connectivity index (χ2v) is 6.82. The van der Waals surface area contributed by atoms with Crippen LogP contribution in [-0.4, -0.2) is 33.7 Å². The fourth-order valence-electron chi connectivity index (χ4n) is 2.42. The maximum atomic E-state index is 12.4. The van der Waals surface area contributed by atoms with Gasteiger partial charge in [0.25, 0.3) is 0 Å². The molecule has 21 heavy (non-hydrogen) atoms. The van der Waals surface area contributed by atoms with Crippen LogP contribution in [0.15, 0.2) is 29.2 Å². The number of hydrogen-bond donors (Lipinski definition) is 2. The van der Waals surface area contributed by atoms with Gasteiger partial charge in [0.05, 0.1) is 11.5 Å². The lowest BCUT2D eigenvalue weighted by Gasteiger charge is -2.28.